The zero-order valence-corrected chi connectivity index (χ0v) is 13.7. The zero-order valence-electron chi connectivity index (χ0n) is 12.9. The Morgan fingerprint density at radius 3 is 2.86 bits per heavy atom. The molecule has 1 aromatic heterocycles. The quantitative estimate of drug-likeness (QED) is 0.788. The summed E-state index contributed by atoms with van der Waals surface area (Å²) in [4.78, 5) is 18.6. The molecule has 2 rings (SSSR count). The molecule has 1 unspecified atom stereocenters. The van der Waals surface area contributed by atoms with E-state index >= 15 is 0 Å². The average molecular weight is 307 g/mol. The van der Waals surface area contributed by atoms with Crippen molar-refractivity contribution in [2.45, 2.75) is 39.2 Å². The van der Waals surface area contributed by atoms with E-state index in [0.29, 0.717) is 12.0 Å². The predicted octanol–water partition coefficient (Wildman–Crippen LogP) is 2.78. The van der Waals surface area contributed by atoms with Crippen LogP contribution in [0.3, 0.4) is 0 Å². The van der Waals surface area contributed by atoms with E-state index in [1.165, 1.54) is 37.3 Å². The summed E-state index contributed by atoms with van der Waals surface area (Å²) >= 11 is 1.53. The molecule has 1 amide bonds. The molecule has 0 aromatic carbocycles. The third-order valence-corrected chi connectivity index (χ3v) is 4.48. The third kappa shape index (κ3) is 5.59. The maximum atomic E-state index is 11.9. The molecule has 5 heteroatoms. The molecule has 1 aliphatic rings. The van der Waals surface area contributed by atoms with Gasteiger partial charge >= 0.3 is 0 Å². The normalized spacial score (nSPS) is 17.7. The van der Waals surface area contributed by atoms with Crippen LogP contribution in [0.4, 0.5) is 0 Å². The highest BCUT2D eigenvalue weighted by Crippen LogP contribution is 2.17. The van der Waals surface area contributed by atoms with Gasteiger partial charge in [-0.15, -0.1) is 11.3 Å². The molecule has 0 bridgehead atoms. The molecule has 1 atom stereocenters. The van der Waals surface area contributed by atoms with Crippen LogP contribution in [0.25, 0.3) is 6.08 Å². The second kappa shape index (κ2) is 8.29. The Bertz CT molecular complexity index is 450. The second-order valence-electron chi connectivity index (χ2n) is 5.98. The summed E-state index contributed by atoms with van der Waals surface area (Å²) in [5, 5.41) is 5.81. The van der Waals surface area contributed by atoms with Crippen LogP contribution in [0.2, 0.25) is 0 Å². The van der Waals surface area contributed by atoms with E-state index < -0.39 is 0 Å². The van der Waals surface area contributed by atoms with Crippen molar-refractivity contribution >= 4 is 23.3 Å². The minimum atomic E-state index is -0.0295. The van der Waals surface area contributed by atoms with Gasteiger partial charge in [0.25, 0.3) is 0 Å². The fourth-order valence-corrected chi connectivity index (χ4v) is 3.28. The Kier molecular flexibility index (Phi) is 6.39. The fraction of sp³-hybridized carbons (Fsp3) is 0.625. The van der Waals surface area contributed by atoms with Crippen LogP contribution < -0.4 is 5.32 Å². The van der Waals surface area contributed by atoms with E-state index in [-0.39, 0.29) is 5.91 Å². The molecule has 21 heavy (non-hydrogen) atoms. The largest absolute Gasteiger partial charge is 0.351 e. The summed E-state index contributed by atoms with van der Waals surface area (Å²) < 4.78 is 0. The van der Waals surface area contributed by atoms with Gasteiger partial charge in [0.15, 0.2) is 0 Å². The van der Waals surface area contributed by atoms with Gasteiger partial charge in [0, 0.05) is 30.2 Å². The molecule has 4 nitrogen and oxygen atoms in total. The van der Waals surface area contributed by atoms with E-state index in [4.69, 9.17) is 0 Å². The van der Waals surface area contributed by atoms with Gasteiger partial charge in [-0.05, 0) is 44.3 Å². The monoisotopic (exact) mass is 307 g/mol. The van der Waals surface area contributed by atoms with Crippen LogP contribution >= 0.6 is 11.3 Å². The number of likely N-dealkylation sites (tertiary alicyclic amines) is 1. The number of hydrogen-bond acceptors (Lipinski definition) is 4. The topological polar surface area (TPSA) is 45.2 Å². The molecule has 1 fully saturated rings. The van der Waals surface area contributed by atoms with Gasteiger partial charge < -0.3 is 5.32 Å². The number of amides is 1. The van der Waals surface area contributed by atoms with Gasteiger partial charge in [0.2, 0.25) is 5.91 Å². The van der Waals surface area contributed by atoms with Crippen molar-refractivity contribution in [3.05, 3.63) is 22.7 Å². The molecule has 0 radical (unpaired) electrons. The lowest BCUT2D eigenvalue weighted by Crippen LogP contribution is -2.43. The van der Waals surface area contributed by atoms with Crippen molar-refractivity contribution in [2.75, 3.05) is 19.6 Å². The van der Waals surface area contributed by atoms with Crippen molar-refractivity contribution < 1.29 is 4.79 Å². The molecular formula is C16H25N3OS. The van der Waals surface area contributed by atoms with Crippen molar-refractivity contribution in [3.63, 3.8) is 0 Å². The van der Waals surface area contributed by atoms with Crippen molar-refractivity contribution in [3.8, 4) is 0 Å². The van der Waals surface area contributed by atoms with E-state index in [0.717, 1.165) is 18.0 Å². The van der Waals surface area contributed by atoms with E-state index in [2.05, 4.69) is 29.0 Å². The third-order valence-electron chi connectivity index (χ3n) is 3.74. The van der Waals surface area contributed by atoms with Crippen LogP contribution in [0.15, 0.2) is 17.7 Å². The molecule has 1 aromatic rings. The highest BCUT2D eigenvalue weighted by atomic mass is 32.1. The molecule has 1 N–H and O–H groups in total. The Hall–Kier alpha value is -1.20. The van der Waals surface area contributed by atoms with E-state index in [1.54, 1.807) is 18.3 Å². The lowest BCUT2D eigenvalue weighted by molar-refractivity contribution is -0.116. The van der Waals surface area contributed by atoms with Crippen LogP contribution in [-0.4, -0.2) is 41.5 Å². The zero-order chi connectivity index (χ0) is 15.1. The highest BCUT2D eigenvalue weighted by Gasteiger charge is 2.22. The van der Waals surface area contributed by atoms with Crippen LogP contribution in [-0.2, 0) is 4.79 Å². The summed E-state index contributed by atoms with van der Waals surface area (Å²) in [7, 11) is 0. The summed E-state index contributed by atoms with van der Waals surface area (Å²) in [6.45, 7) is 7.56. The number of aromatic nitrogens is 1. The lowest BCUT2D eigenvalue weighted by atomic mass is 10.0. The SMILES string of the molecule is CC(C)CC(CNC(=O)C=Cc1nccs1)N1CCCC1. The van der Waals surface area contributed by atoms with Crippen molar-refractivity contribution in [1.82, 2.24) is 15.2 Å². The second-order valence-corrected chi connectivity index (χ2v) is 6.90. The fourth-order valence-electron chi connectivity index (χ4n) is 2.75. The predicted molar refractivity (Wildman–Crippen MR) is 88.2 cm³/mol. The average Bonchev–Trinajstić information content (AvgIpc) is 3.12. The number of carbonyl (C=O) groups is 1. The first kappa shape index (κ1) is 16.2. The molecule has 0 spiro atoms. The number of nitrogens with zero attached hydrogens (tertiary/aromatic N) is 2. The van der Waals surface area contributed by atoms with Crippen molar-refractivity contribution in [2.24, 2.45) is 5.92 Å². The summed E-state index contributed by atoms with van der Waals surface area (Å²) in [6.07, 6.45) is 8.80. The van der Waals surface area contributed by atoms with Crippen molar-refractivity contribution in [1.29, 1.82) is 0 Å². The van der Waals surface area contributed by atoms with Crippen LogP contribution in [0.1, 0.15) is 38.1 Å². The van der Waals surface area contributed by atoms with E-state index in [1.807, 2.05) is 5.38 Å². The maximum absolute atomic E-state index is 11.9. The number of carbonyl (C=O) groups excluding carboxylic acids is 1. The number of hydrogen-bond donors (Lipinski definition) is 1. The minimum absolute atomic E-state index is 0.0295. The van der Waals surface area contributed by atoms with Gasteiger partial charge in [0.1, 0.15) is 5.01 Å². The first-order valence-corrected chi connectivity index (χ1v) is 8.62. The number of nitrogens with one attached hydrogen (secondary N) is 1. The van der Waals surface area contributed by atoms with E-state index in [9.17, 15) is 4.79 Å². The molecule has 2 heterocycles. The Balaban J connectivity index is 1.81. The lowest BCUT2D eigenvalue weighted by Gasteiger charge is -2.29. The van der Waals surface area contributed by atoms with Gasteiger partial charge in [-0.3, -0.25) is 9.69 Å². The molecule has 1 aliphatic heterocycles. The molecule has 0 aliphatic carbocycles. The van der Waals surface area contributed by atoms with Gasteiger partial charge in [-0.2, -0.15) is 0 Å². The Labute approximate surface area is 131 Å². The Morgan fingerprint density at radius 2 is 2.24 bits per heavy atom. The standard InChI is InChI=1S/C16H25N3OS/c1-13(2)11-14(19-8-3-4-9-19)12-18-15(20)5-6-16-17-7-10-21-16/h5-7,10,13-14H,3-4,8-9,11-12H2,1-2H3,(H,18,20). The maximum Gasteiger partial charge on any atom is 0.244 e. The summed E-state index contributed by atoms with van der Waals surface area (Å²) in [5.74, 6) is 0.622. The summed E-state index contributed by atoms with van der Waals surface area (Å²) in [6, 6.07) is 0.463. The smallest absolute Gasteiger partial charge is 0.244 e. The summed E-state index contributed by atoms with van der Waals surface area (Å²) in [5.41, 5.74) is 0. The van der Waals surface area contributed by atoms with Crippen LogP contribution in [0.5, 0.6) is 0 Å². The Morgan fingerprint density at radius 1 is 1.48 bits per heavy atom. The molecule has 1 saturated heterocycles. The number of thiazole rings is 1. The minimum Gasteiger partial charge on any atom is -0.351 e. The number of rotatable bonds is 7. The highest BCUT2D eigenvalue weighted by molar-refractivity contribution is 7.10. The molecule has 116 valence electrons. The van der Waals surface area contributed by atoms with Crippen LogP contribution in [0, 0.1) is 5.92 Å². The first-order chi connectivity index (χ1) is 10.1. The van der Waals surface area contributed by atoms with Gasteiger partial charge in [-0.25, -0.2) is 4.98 Å². The van der Waals surface area contributed by atoms with Gasteiger partial charge in [-0.1, -0.05) is 13.8 Å². The molecular weight excluding hydrogens is 282 g/mol. The first-order valence-electron chi connectivity index (χ1n) is 7.74. The van der Waals surface area contributed by atoms with Gasteiger partial charge in [0.05, 0.1) is 0 Å². The molecule has 0 saturated carbocycles.